The molecule has 1 heterocycles. The Hall–Kier alpha value is -1.85. The van der Waals surface area contributed by atoms with Crippen LogP contribution < -0.4 is 11.1 Å². The van der Waals surface area contributed by atoms with E-state index >= 15 is 0 Å². The molecule has 1 atom stereocenters. The number of carbonyl (C=O) groups is 2. The summed E-state index contributed by atoms with van der Waals surface area (Å²) in [7, 11) is 1.59. The maximum absolute atomic E-state index is 11.9. The highest BCUT2D eigenvalue weighted by molar-refractivity contribution is 5.94. The number of nitrogens with one attached hydrogen (secondary N) is 1. The van der Waals surface area contributed by atoms with Crippen molar-refractivity contribution in [1.29, 1.82) is 0 Å². The van der Waals surface area contributed by atoms with Crippen LogP contribution in [0.3, 0.4) is 0 Å². The number of carbonyl (C=O) groups excluding carboxylic acids is 2. The van der Waals surface area contributed by atoms with E-state index in [2.05, 4.69) is 5.32 Å². The molecule has 2 rings (SSSR count). The number of halogens is 1. The fourth-order valence-corrected chi connectivity index (χ4v) is 2.15. The SMILES string of the molecule is CNC(=O)c1ccc(/C=C/C(=O)N2CC[C@H](N)C2)cc1.Cl. The molecule has 0 unspecified atom stereocenters. The van der Waals surface area contributed by atoms with Gasteiger partial charge in [-0.1, -0.05) is 12.1 Å². The molecule has 6 heteroatoms. The third-order valence-electron chi connectivity index (χ3n) is 3.35. The van der Waals surface area contributed by atoms with Crippen molar-refractivity contribution in [2.24, 2.45) is 5.73 Å². The molecular weight excluding hydrogens is 290 g/mol. The summed E-state index contributed by atoms with van der Waals surface area (Å²) >= 11 is 0. The fraction of sp³-hybridized carbons (Fsp3) is 0.333. The van der Waals surface area contributed by atoms with E-state index in [4.69, 9.17) is 5.73 Å². The van der Waals surface area contributed by atoms with Crippen LogP contribution in [-0.2, 0) is 4.79 Å². The number of nitrogens with two attached hydrogens (primary N) is 1. The van der Waals surface area contributed by atoms with Crippen molar-refractivity contribution >= 4 is 30.3 Å². The third kappa shape index (κ3) is 4.58. The Morgan fingerprint density at radius 2 is 2.00 bits per heavy atom. The van der Waals surface area contributed by atoms with Crippen molar-refractivity contribution in [3.05, 3.63) is 41.5 Å². The molecule has 21 heavy (non-hydrogen) atoms. The number of amides is 2. The first-order valence-electron chi connectivity index (χ1n) is 6.65. The molecule has 0 spiro atoms. The second-order valence-electron chi connectivity index (χ2n) is 4.87. The zero-order valence-corrected chi connectivity index (χ0v) is 12.7. The van der Waals surface area contributed by atoms with Crippen molar-refractivity contribution in [2.75, 3.05) is 20.1 Å². The van der Waals surface area contributed by atoms with Gasteiger partial charge in [-0.25, -0.2) is 0 Å². The zero-order valence-electron chi connectivity index (χ0n) is 11.9. The molecule has 0 radical (unpaired) electrons. The highest BCUT2D eigenvalue weighted by Gasteiger charge is 2.21. The largest absolute Gasteiger partial charge is 0.355 e. The lowest BCUT2D eigenvalue weighted by Crippen LogP contribution is -2.30. The van der Waals surface area contributed by atoms with E-state index in [1.807, 2.05) is 12.1 Å². The van der Waals surface area contributed by atoms with Crippen LogP contribution in [0, 0.1) is 0 Å². The lowest BCUT2D eigenvalue weighted by atomic mass is 10.1. The fourth-order valence-electron chi connectivity index (χ4n) is 2.15. The molecule has 0 aromatic heterocycles. The molecule has 0 aliphatic carbocycles. The lowest BCUT2D eigenvalue weighted by molar-refractivity contribution is -0.124. The van der Waals surface area contributed by atoms with Gasteiger partial charge in [-0.3, -0.25) is 9.59 Å². The van der Waals surface area contributed by atoms with Gasteiger partial charge in [-0.05, 0) is 30.2 Å². The van der Waals surface area contributed by atoms with E-state index < -0.39 is 0 Å². The number of hydrogen-bond donors (Lipinski definition) is 2. The molecule has 0 saturated carbocycles. The second kappa shape index (κ2) is 7.81. The Morgan fingerprint density at radius 3 is 2.52 bits per heavy atom. The number of benzene rings is 1. The smallest absolute Gasteiger partial charge is 0.251 e. The summed E-state index contributed by atoms with van der Waals surface area (Å²) in [5.74, 6) is -0.143. The van der Waals surface area contributed by atoms with Gasteiger partial charge in [0.05, 0.1) is 0 Å². The van der Waals surface area contributed by atoms with Crippen LogP contribution in [0.4, 0.5) is 0 Å². The van der Waals surface area contributed by atoms with Crippen LogP contribution in [0.15, 0.2) is 30.3 Å². The molecule has 0 bridgehead atoms. The topological polar surface area (TPSA) is 75.4 Å². The van der Waals surface area contributed by atoms with E-state index in [-0.39, 0.29) is 30.3 Å². The van der Waals surface area contributed by atoms with Crippen molar-refractivity contribution in [2.45, 2.75) is 12.5 Å². The summed E-state index contributed by atoms with van der Waals surface area (Å²) in [6.45, 7) is 1.35. The molecule has 1 aliphatic rings. The summed E-state index contributed by atoms with van der Waals surface area (Å²) in [4.78, 5) is 25.0. The van der Waals surface area contributed by atoms with Crippen LogP contribution in [-0.4, -0.2) is 42.9 Å². The zero-order chi connectivity index (χ0) is 14.5. The maximum Gasteiger partial charge on any atom is 0.251 e. The molecular formula is C15H20ClN3O2. The van der Waals surface area contributed by atoms with E-state index in [1.54, 1.807) is 36.2 Å². The Morgan fingerprint density at radius 1 is 1.33 bits per heavy atom. The van der Waals surface area contributed by atoms with Crippen LogP contribution >= 0.6 is 12.4 Å². The van der Waals surface area contributed by atoms with Crippen molar-refractivity contribution < 1.29 is 9.59 Å². The first-order valence-corrected chi connectivity index (χ1v) is 6.65. The second-order valence-corrected chi connectivity index (χ2v) is 4.87. The van der Waals surface area contributed by atoms with Crippen molar-refractivity contribution in [1.82, 2.24) is 10.2 Å². The highest BCUT2D eigenvalue weighted by Crippen LogP contribution is 2.10. The summed E-state index contributed by atoms with van der Waals surface area (Å²) in [5, 5.41) is 2.56. The Bertz CT molecular complexity index is 528. The summed E-state index contributed by atoms with van der Waals surface area (Å²) < 4.78 is 0. The van der Waals surface area contributed by atoms with Gasteiger partial charge in [0.25, 0.3) is 5.91 Å². The van der Waals surface area contributed by atoms with Gasteiger partial charge >= 0.3 is 0 Å². The predicted octanol–water partition coefficient (Wildman–Crippen LogP) is 1.04. The minimum Gasteiger partial charge on any atom is -0.355 e. The molecule has 3 N–H and O–H groups in total. The Balaban J connectivity index is 0.00000220. The van der Waals surface area contributed by atoms with Gasteiger partial charge < -0.3 is 16.0 Å². The third-order valence-corrected chi connectivity index (χ3v) is 3.35. The van der Waals surface area contributed by atoms with E-state index in [0.717, 1.165) is 18.5 Å². The van der Waals surface area contributed by atoms with Gasteiger partial charge in [0.1, 0.15) is 0 Å². The van der Waals surface area contributed by atoms with E-state index in [0.29, 0.717) is 12.1 Å². The monoisotopic (exact) mass is 309 g/mol. The summed E-state index contributed by atoms with van der Waals surface area (Å²) in [6.07, 6.45) is 4.16. The molecule has 114 valence electrons. The van der Waals surface area contributed by atoms with Gasteiger partial charge in [0.15, 0.2) is 0 Å². The van der Waals surface area contributed by atoms with Gasteiger partial charge in [0.2, 0.25) is 5.91 Å². The molecule has 1 aromatic carbocycles. The van der Waals surface area contributed by atoms with Crippen molar-refractivity contribution in [3.8, 4) is 0 Å². The summed E-state index contributed by atoms with van der Waals surface area (Å²) in [6, 6.07) is 7.18. The standard InChI is InChI=1S/C15H19N3O2.ClH/c1-17-15(20)12-5-2-11(3-6-12)4-7-14(19)18-9-8-13(16)10-18;/h2-7,13H,8-10,16H2,1H3,(H,17,20);1H/b7-4+;/t13-;/m0./s1. The van der Waals surface area contributed by atoms with Crippen LogP contribution in [0.2, 0.25) is 0 Å². The molecule has 1 saturated heterocycles. The molecule has 5 nitrogen and oxygen atoms in total. The number of likely N-dealkylation sites (tertiary alicyclic amines) is 1. The van der Waals surface area contributed by atoms with Crippen LogP contribution in [0.25, 0.3) is 6.08 Å². The molecule has 1 aromatic rings. The normalized spacial score (nSPS) is 17.6. The molecule has 1 aliphatic heterocycles. The van der Waals surface area contributed by atoms with E-state index in [9.17, 15) is 9.59 Å². The van der Waals surface area contributed by atoms with Gasteiger partial charge in [0, 0.05) is 37.8 Å². The lowest BCUT2D eigenvalue weighted by Gasteiger charge is -2.12. The quantitative estimate of drug-likeness (QED) is 0.819. The van der Waals surface area contributed by atoms with E-state index in [1.165, 1.54) is 0 Å². The Kier molecular flexibility index (Phi) is 6.39. The predicted molar refractivity (Wildman–Crippen MR) is 85.3 cm³/mol. The summed E-state index contributed by atoms with van der Waals surface area (Å²) in [5.41, 5.74) is 7.25. The average molecular weight is 310 g/mol. The highest BCUT2D eigenvalue weighted by atomic mass is 35.5. The molecule has 2 amide bonds. The molecule has 1 fully saturated rings. The first kappa shape index (κ1) is 17.2. The minimum absolute atomic E-state index is 0. The maximum atomic E-state index is 11.9. The Labute approximate surface area is 130 Å². The van der Waals surface area contributed by atoms with Crippen LogP contribution in [0.1, 0.15) is 22.3 Å². The van der Waals surface area contributed by atoms with Crippen molar-refractivity contribution in [3.63, 3.8) is 0 Å². The minimum atomic E-state index is -0.123. The number of nitrogens with zero attached hydrogens (tertiary/aromatic N) is 1. The van der Waals surface area contributed by atoms with Crippen LogP contribution in [0.5, 0.6) is 0 Å². The first-order chi connectivity index (χ1) is 9.60. The van der Waals surface area contributed by atoms with Gasteiger partial charge in [-0.2, -0.15) is 0 Å². The van der Waals surface area contributed by atoms with Gasteiger partial charge in [-0.15, -0.1) is 12.4 Å². The number of rotatable bonds is 3. The number of hydrogen-bond acceptors (Lipinski definition) is 3. The average Bonchev–Trinajstić information content (AvgIpc) is 2.91.